The molecule has 0 bridgehead atoms. The summed E-state index contributed by atoms with van der Waals surface area (Å²) in [5.41, 5.74) is -2.97. The molecular weight excluding hydrogens is 296 g/mol. The molecule has 1 N–H and O–H groups in total. The molecule has 11 heteroatoms. The molecule has 0 saturated heterocycles. The fourth-order valence-electron chi connectivity index (χ4n) is 0.820. The molecule has 0 aliphatic rings. The van der Waals surface area contributed by atoms with E-state index in [1.807, 2.05) is 0 Å². The molecule has 0 radical (unpaired) electrons. The first-order chi connectivity index (χ1) is 9.40. The Balaban J connectivity index is 0. The lowest BCUT2D eigenvalue weighted by Gasteiger charge is -2.29. The SMILES string of the molecule is O=C([O-])/C=C/C(=O)[O-].O=C([O-])CC(O)(CC(=O)[O-])C(=O)[O-]. The molecule has 118 valence electrons. The van der Waals surface area contributed by atoms with Gasteiger partial charge in [-0.3, -0.25) is 0 Å². The van der Waals surface area contributed by atoms with Crippen molar-refractivity contribution in [1.29, 1.82) is 0 Å². The smallest absolute Gasteiger partial charge is 0.114 e. The maximum atomic E-state index is 10.1. The van der Waals surface area contributed by atoms with Crippen LogP contribution in [0.2, 0.25) is 0 Å². The average Bonchev–Trinajstić information content (AvgIpc) is 2.24. The highest BCUT2D eigenvalue weighted by Gasteiger charge is 2.29. The number of carbonyl (C=O) groups excluding carboxylic acids is 5. The highest BCUT2D eigenvalue weighted by Crippen LogP contribution is 2.13. The van der Waals surface area contributed by atoms with Crippen LogP contribution in [0.3, 0.4) is 0 Å². The Hall–Kier alpha value is -2.95. The molecule has 0 heterocycles. The number of carboxylic acids is 5. The Kier molecular flexibility index (Phi) is 8.76. The van der Waals surface area contributed by atoms with E-state index in [4.69, 9.17) is 5.11 Å². The Morgan fingerprint density at radius 3 is 1.19 bits per heavy atom. The Morgan fingerprint density at radius 1 is 0.762 bits per heavy atom. The third-order valence-electron chi connectivity index (χ3n) is 1.61. The van der Waals surface area contributed by atoms with Crippen LogP contribution >= 0.6 is 0 Å². The second-order valence-corrected chi connectivity index (χ2v) is 3.39. The number of rotatable bonds is 7. The zero-order valence-corrected chi connectivity index (χ0v) is 10.1. The maximum Gasteiger partial charge on any atom is 0.114 e. The topological polar surface area (TPSA) is 221 Å². The largest absolute Gasteiger partial charge is 0.550 e. The molecule has 0 saturated carbocycles. The van der Waals surface area contributed by atoms with E-state index in [1.54, 1.807) is 0 Å². The van der Waals surface area contributed by atoms with E-state index in [0.717, 1.165) is 0 Å². The van der Waals surface area contributed by atoms with Gasteiger partial charge in [0.15, 0.2) is 0 Å². The van der Waals surface area contributed by atoms with Gasteiger partial charge >= 0.3 is 0 Å². The van der Waals surface area contributed by atoms with Gasteiger partial charge in [-0.05, 0) is 12.2 Å². The molecule has 0 aromatic rings. The van der Waals surface area contributed by atoms with Crippen molar-refractivity contribution < 1.29 is 54.6 Å². The highest BCUT2D eigenvalue weighted by atomic mass is 16.4. The first-order valence-corrected chi connectivity index (χ1v) is 4.84. The van der Waals surface area contributed by atoms with Crippen LogP contribution in [0.4, 0.5) is 0 Å². The predicted octanol–water partition coefficient (Wildman–Crippen LogP) is -8.21. The van der Waals surface area contributed by atoms with Crippen LogP contribution in [-0.4, -0.2) is 40.6 Å². The number of aliphatic hydroxyl groups is 1. The first kappa shape index (κ1) is 20.4. The summed E-state index contributed by atoms with van der Waals surface area (Å²) in [6.07, 6.45) is -1.95. The van der Waals surface area contributed by atoms with Crippen LogP contribution in [-0.2, 0) is 24.0 Å². The van der Waals surface area contributed by atoms with Crippen molar-refractivity contribution in [3.05, 3.63) is 12.2 Å². The number of hydrogen-bond acceptors (Lipinski definition) is 11. The van der Waals surface area contributed by atoms with Gasteiger partial charge in [0, 0.05) is 24.8 Å². The molecule has 0 aliphatic heterocycles. The van der Waals surface area contributed by atoms with Crippen molar-refractivity contribution in [2.24, 2.45) is 0 Å². The van der Waals surface area contributed by atoms with Crippen molar-refractivity contribution in [3.63, 3.8) is 0 Å². The molecule has 0 aromatic heterocycles. The summed E-state index contributed by atoms with van der Waals surface area (Å²) in [5, 5.41) is 57.8. The zero-order valence-electron chi connectivity index (χ0n) is 10.1. The van der Waals surface area contributed by atoms with Crippen LogP contribution in [0.1, 0.15) is 12.8 Å². The summed E-state index contributed by atoms with van der Waals surface area (Å²) < 4.78 is 0. The molecule has 0 spiro atoms. The molecule has 21 heavy (non-hydrogen) atoms. The van der Waals surface area contributed by atoms with E-state index < -0.39 is 48.3 Å². The molecule has 0 fully saturated rings. The lowest BCUT2D eigenvalue weighted by atomic mass is 9.96. The summed E-state index contributed by atoms with van der Waals surface area (Å²) >= 11 is 0. The predicted molar refractivity (Wildman–Crippen MR) is 48.4 cm³/mol. The van der Waals surface area contributed by atoms with E-state index in [2.05, 4.69) is 0 Å². The average molecular weight is 303 g/mol. The lowest BCUT2D eigenvalue weighted by molar-refractivity contribution is -0.339. The quantitative estimate of drug-likeness (QED) is 0.434. The number of hydrogen-bond donors (Lipinski definition) is 1. The summed E-state index contributed by atoms with van der Waals surface area (Å²) in [6.45, 7) is 0. The standard InChI is InChI=1S/C6H8O7.C4H4O4/c7-3(8)1-6(13,5(11)12)2-4(9)10;5-3(6)1-2-4(7)8/h13H,1-2H2,(H,7,8)(H,9,10)(H,11,12);1-2H,(H,5,6)(H,7,8)/p-5/b;2-1+. The molecular formula is C10H7O11-5. The van der Waals surface area contributed by atoms with E-state index >= 15 is 0 Å². The molecule has 0 atom stereocenters. The van der Waals surface area contributed by atoms with Crippen LogP contribution in [0.15, 0.2) is 12.2 Å². The van der Waals surface area contributed by atoms with Crippen molar-refractivity contribution >= 4 is 29.8 Å². The molecule has 0 aromatic carbocycles. The van der Waals surface area contributed by atoms with Gasteiger partial charge in [-0.15, -0.1) is 0 Å². The van der Waals surface area contributed by atoms with E-state index in [9.17, 15) is 49.5 Å². The van der Waals surface area contributed by atoms with Gasteiger partial charge in [-0.1, -0.05) is 0 Å². The zero-order chi connectivity index (χ0) is 17.2. The van der Waals surface area contributed by atoms with Gasteiger partial charge in [-0.2, -0.15) is 0 Å². The van der Waals surface area contributed by atoms with Crippen LogP contribution < -0.4 is 25.5 Å². The monoisotopic (exact) mass is 303 g/mol. The summed E-state index contributed by atoms with van der Waals surface area (Å²) in [5.74, 6) is -9.08. The highest BCUT2D eigenvalue weighted by molar-refractivity contribution is 5.87. The van der Waals surface area contributed by atoms with Gasteiger partial charge in [0.05, 0.1) is 17.9 Å². The normalized spacial score (nSPS) is 10.3. The second kappa shape index (κ2) is 9.03. The van der Waals surface area contributed by atoms with Gasteiger partial charge in [0.25, 0.3) is 0 Å². The van der Waals surface area contributed by atoms with E-state index in [1.165, 1.54) is 0 Å². The Morgan fingerprint density at radius 2 is 1.05 bits per heavy atom. The second-order valence-electron chi connectivity index (χ2n) is 3.39. The number of aliphatic carboxylic acids is 5. The van der Waals surface area contributed by atoms with Gasteiger partial charge < -0.3 is 54.6 Å². The van der Waals surface area contributed by atoms with Crippen LogP contribution in [0.25, 0.3) is 0 Å². The van der Waals surface area contributed by atoms with Crippen LogP contribution in [0.5, 0.6) is 0 Å². The molecule has 0 aliphatic carbocycles. The third-order valence-corrected chi connectivity index (χ3v) is 1.61. The molecule has 0 amide bonds. The fraction of sp³-hybridized carbons (Fsp3) is 0.300. The summed E-state index contributed by atoms with van der Waals surface area (Å²) in [4.78, 5) is 48.8. The molecule has 0 unspecified atom stereocenters. The van der Waals surface area contributed by atoms with E-state index in [-0.39, 0.29) is 0 Å². The minimum atomic E-state index is -2.97. The molecule has 0 rings (SSSR count). The van der Waals surface area contributed by atoms with Gasteiger partial charge in [-0.25, -0.2) is 0 Å². The van der Waals surface area contributed by atoms with Crippen LogP contribution in [0, 0.1) is 0 Å². The minimum absolute atomic E-state index is 0.384. The maximum absolute atomic E-state index is 10.1. The summed E-state index contributed by atoms with van der Waals surface area (Å²) in [7, 11) is 0. The number of carbonyl (C=O) groups is 5. The Labute approximate surface area is 116 Å². The first-order valence-electron chi connectivity index (χ1n) is 4.84. The van der Waals surface area contributed by atoms with Gasteiger partial charge in [0.2, 0.25) is 0 Å². The lowest BCUT2D eigenvalue weighted by Crippen LogP contribution is -2.54. The van der Waals surface area contributed by atoms with Crippen molar-refractivity contribution in [2.45, 2.75) is 18.4 Å². The van der Waals surface area contributed by atoms with Crippen molar-refractivity contribution in [3.8, 4) is 0 Å². The van der Waals surface area contributed by atoms with E-state index in [0.29, 0.717) is 12.2 Å². The third kappa shape index (κ3) is 11.9. The van der Waals surface area contributed by atoms with Crippen molar-refractivity contribution in [2.75, 3.05) is 0 Å². The summed E-state index contributed by atoms with van der Waals surface area (Å²) in [6, 6.07) is 0. The Bertz CT molecular complexity index is 430. The molecule has 11 nitrogen and oxygen atoms in total. The minimum Gasteiger partial charge on any atom is -0.550 e. The fourth-order valence-corrected chi connectivity index (χ4v) is 0.820. The van der Waals surface area contributed by atoms with Crippen molar-refractivity contribution in [1.82, 2.24) is 0 Å². The number of carboxylic acid groups (broad SMARTS) is 5. The van der Waals surface area contributed by atoms with Gasteiger partial charge in [0.1, 0.15) is 5.60 Å².